The van der Waals surface area contributed by atoms with E-state index in [4.69, 9.17) is 0 Å². The van der Waals surface area contributed by atoms with Crippen LogP contribution < -0.4 is 3.87 Å². The number of halogens is 5. The van der Waals surface area contributed by atoms with E-state index in [2.05, 4.69) is 0 Å². The number of benzene rings is 1. The van der Waals surface area contributed by atoms with Crippen molar-refractivity contribution in [2.45, 2.75) is 16.9 Å². The van der Waals surface area contributed by atoms with Crippen LogP contribution in [0.15, 0.2) is 22.1 Å². The van der Waals surface area contributed by atoms with Gasteiger partial charge in [-0.15, -0.1) is 0 Å². The molecule has 19 heavy (non-hydrogen) atoms. The zero-order chi connectivity index (χ0) is 14.4. The summed E-state index contributed by atoms with van der Waals surface area (Å²) in [5, 5.41) is 3.24. The topological polar surface area (TPSA) is 0 Å². The van der Waals surface area contributed by atoms with Crippen LogP contribution in [0.1, 0.15) is 6.42 Å². The molecule has 0 aliphatic heterocycles. The number of rotatable bonds is 2. The Morgan fingerprint density at radius 1 is 0.842 bits per heavy atom. The van der Waals surface area contributed by atoms with Crippen molar-refractivity contribution in [2.24, 2.45) is 0 Å². The Hall–Kier alpha value is -0.936. The average Bonchev–Trinajstić information content (AvgIpc) is 2.88. The zero-order valence-electron chi connectivity index (χ0n) is 10.3. The quantitative estimate of drug-likeness (QED) is 0.334. The molecule has 0 aromatic heterocycles. The summed E-state index contributed by atoms with van der Waals surface area (Å²) in [4.78, 5) is 0. The van der Waals surface area contributed by atoms with E-state index in [0.717, 1.165) is 3.88 Å². The van der Waals surface area contributed by atoms with Gasteiger partial charge in [-0.25, -0.2) is 0 Å². The van der Waals surface area contributed by atoms with E-state index in [-0.39, 0.29) is 0 Å². The van der Waals surface area contributed by atoms with Gasteiger partial charge < -0.3 is 0 Å². The Kier molecular flexibility index (Phi) is 3.71. The fourth-order valence-electron chi connectivity index (χ4n) is 2.22. The third kappa shape index (κ3) is 2.19. The molecule has 1 aliphatic rings. The molecule has 0 heterocycles. The van der Waals surface area contributed by atoms with Gasteiger partial charge in [-0.3, -0.25) is 0 Å². The summed E-state index contributed by atoms with van der Waals surface area (Å²) in [7, 11) is 0. The molecule has 0 fully saturated rings. The molecule has 0 saturated heterocycles. The summed E-state index contributed by atoms with van der Waals surface area (Å²) < 4.78 is 67.4. The predicted octanol–water partition coefficient (Wildman–Crippen LogP) is 4.10. The first-order valence-corrected chi connectivity index (χ1v) is 10.3. The monoisotopic (exact) mass is 310 g/mol. The molecule has 0 saturated carbocycles. The van der Waals surface area contributed by atoms with Crippen LogP contribution in [0.4, 0.5) is 22.0 Å². The van der Waals surface area contributed by atoms with Gasteiger partial charge in [0.25, 0.3) is 0 Å². The molecule has 0 N–H and O–H groups in total. The summed E-state index contributed by atoms with van der Waals surface area (Å²) in [5.74, 6) is -9.20. The SMILES string of the molecule is [CH3][Ti]([CH3])([C]1=CC=CC1)[c]1c(F)c(F)c(F)c(F)c1F. The van der Waals surface area contributed by atoms with Crippen molar-refractivity contribution in [3.63, 3.8) is 0 Å². The van der Waals surface area contributed by atoms with Crippen molar-refractivity contribution in [1.82, 2.24) is 0 Å². The van der Waals surface area contributed by atoms with Crippen molar-refractivity contribution >= 4 is 3.87 Å². The van der Waals surface area contributed by atoms with E-state index in [1.807, 2.05) is 0 Å². The van der Waals surface area contributed by atoms with Gasteiger partial charge in [0.05, 0.1) is 0 Å². The second-order valence-corrected chi connectivity index (χ2v) is 11.8. The summed E-state index contributed by atoms with van der Waals surface area (Å²) in [6.45, 7) is 0. The van der Waals surface area contributed by atoms with Crippen LogP contribution in [0.25, 0.3) is 0 Å². The summed E-state index contributed by atoms with van der Waals surface area (Å²) in [6.07, 6.45) is 5.74. The molecular weight excluding hydrogens is 299 g/mol. The molecule has 0 spiro atoms. The first kappa shape index (κ1) is 14.5. The van der Waals surface area contributed by atoms with Crippen molar-refractivity contribution in [3.05, 3.63) is 51.2 Å². The molecule has 0 amide bonds. The normalized spacial score (nSPS) is 15.0. The van der Waals surface area contributed by atoms with Crippen LogP contribution in [0, 0.1) is 29.1 Å². The van der Waals surface area contributed by atoms with E-state index in [0.29, 0.717) is 6.42 Å². The Labute approximate surface area is 111 Å². The first-order valence-electron chi connectivity index (χ1n) is 5.66. The summed E-state index contributed by atoms with van der Waals surface area (Å²) in [5.41, 5.74) is 0. The molecule has 102 valence electrons. The van der Waals surface area contributed by atoms with Crippen LogP contribution >= 0.6 is 0 Å². The van der Waals surface area contributed by atoms with Crippen molar-refractivity contribution in [1.29, 1.82) is 0 Å². The predicted molar refractivity (Wildman–Crippen MR) is 59.4 cm³/mol. The van der Waals surface area contributed by atoms with E-state index in [1.54, 1.807) is 28.7 Å². The van der Waals surface area contributed by atoms with Crippen LogP contribution in [-0.4, -0.2) is 0 Å². The van der Waals surface area contributed by atoms with Crippen LogP contribution in [-0.2, 0) is 16.6 Å². The van der Waals surface area contributed by atoms with Crippen molar-refractivity contribution < 1.29 is 38.5 Å². The third-order valence-electron chi connectivity index (χ3n) is 3.41. The second-order valence-electron chi connectivity index (χ2n) is 4.89. The Balaban J connectivity index is 2.69. The van der Waals surface area contributed by atoms with Gasteiger partial charge in [0, 0.05) is 0 Å². The molecule has 1 aromatic rings. The van der Waals surface area contributed by atoms with E-state index in [9.17, 15) is 22.0 Å². The van der Waals surface area contributed by atoms with Gasteiger partial charge in [-0.2, -0.15) is 0 Å². The van der Waals surface area contributed by atoms with Crippen LogP contribution in [0.5, 0.6) is 0 Å². The Morgan fingerprint density at radius 2 is 1.32 bits per heavy atom. The van der Waals surface area contributed by atoms with E-state index in [1.165, 1.54) is 0 Å². The maximum absolute atomic E-state index is 13.8. The van der Waals surface area contributed by atoms with Gasteiger partial charge in [0.15, 0.2) is 0 Å². The van der Waals surface area contributed by atoms with Gasteiger partial charge >= 0.3 is 110 Å². The molecule has 0 nitrogen and oxygen atoms in total. The van der Waals surface area contributed by atoms with Gasteiger partial charge in [-0.05, 0) is 0 Å². The fourth-order valence-corrected chi connectivity index (χ4v) is 6.56. The Morgan fingerprint density at radius 3 is 1.74 bits per heavy atom. The minimum absolute atomic E-state index is 0.506. The number of allylic oxidation sites excluding steroid dienone is 4. The summed E-state index contributed by atoms with van der Waals surface area (Å²) in [6, 6.07) is 0. The fraction of sp³-hybridized carbons (Fsp3) is 0.231. The molecule has 0 radical (unpaired) electrons. The summed E-state index contributed by atoms with van der Waals surface area (Å²) >= 11 is -3.50. The maximum atomic E-state index is 13.8. The standard InChI is InChI=1S/C6F5.C5H5.2CH3.Ti/c7-2-1-3(8)5(10)6(11)4(2)9;1-2-4-5-3-1;;;/h;1-3H,4H2;2*1H3;. The molecule has 0 unspecified atom stereocenters. The first-order chi connectivity index (χ1) is 8.78. The molecule has 0 atom stereocenters. The van der Waals surface area contributed by atoms with Crippen LogP contribution in [0.3, 0.4) is 0 Å². The second kappa shape index (κ2) is 4.87. The van der Waals surface area contributed by atoms with E-state index < -0.39 is 49.5 Å². The molecule has 1 aromatic carbocycles. The molecular formula is C13H11F5Ti. The molecule has 1 aliphatic carbocycles. The average molecular weight is 310 g/mol. The van der Waals surface area contributed by atoms with E-state index >= 15 is 0 Å². The number of hydrogen-bond acceptors (Lipinski definition) is 0. The van der Waals surface area contributed by atoms with Gasteiger partial charge in [0.1, 0.15) is 0 Å². The van der Waals surface area contributed by atoms with Crippen molar-refractivity contribution in [2.75, 3.05) is 0 Å². The van der Waals surface area contributed by atoms with Crippen molar-refractivity contribution in [3.8, 4) is 0 Å². The molecule has 2 rings (SSSR count). The molecule has 6 heteroatoms. The van der Waals surface area contributed by atoms with Crippen LogP contribution in [0.2, 0.25) is 10.5 Å². The molecule has 0 bridgehead atoms. The zero-order valence-corrected chi connectivity index (χ0v) is 11.9. The number of hydrogen-bond donors (Lipinski definition) is 0. The van der Waals surface area contributed by atoms with Gasteiger partial charge in [-0.1, -0.05) is 0 Å². The third-order valence-corrected chi connectivity index (χ3v) is 9.13. The Bertz CT molecular complexity index is 573. The minimum atomic E-state index is -3.50. The van der Waals surface area contributed by atoms with Gasteiger partial charge in [0.2, 0.25) is 0 Å².